The molecule has 1 aromatic carbocycles. The summed E-state index contributed by atoms with van der Waals surface area (Å²) in [6.45, 7) is 8.41. The number of hydrogen-bond donors (Lipinski definition) is 0. The second-order valence-corrected chi connectivity index (χ2v) is 5.83. The zero-order valence-electron chi connectivity index (χ0n) is 12.9. The van der Waals surface area contributed by atoms with Gasteiger partial charge in [0.2, 0.25) is 0 Å². The van der Waals surface area contributed by atoms with Gasteiger partial charge in [-0.2, -0.15) is 0 Å². The maximum absolute atomic E-state index is 14.0. The van der Waals surface area contributed by atoms with E-state index in [-0.39, 0.29) is 11.5 Å². The number of hydrogen-bond acceptors (Lipinski definition) is 3. The molecule has 5 heteroatoms. The van der Waals surface area contributed by atoms with E-state index in [0.29, 0.717) is 24.8 Å². The average molecular weight is 294 g/mol. The van der Waals surface area contributed by atoms with Crippen LogP contribution in [-0.2, 0) is 0 Å². The zero-order valence-corrected chi connectivity index (χ0v) is 12.9. The van der Waals surface area contributed by atoms with E-state index in [0.717, 1.165) is 19.6 Å². The maximum atomic E-state index is 14.0. The van der Waals surface area contributed by atoms with Crippen molar-refractivity contribution in [3.05, 3.63) is 29.6 Å². The molecule has 0 N–H and O–H groups in total. The van der Waals surface area contributed by atoms with Gasteiger partial charge in [-0.3, -0.25) is 9.69 Å². The first kappa shape index (κ1) is 15.8. The number of methoxy groups -OCH3 is 1. The van der Waals surface area contributed by atoms with Crippen LogP contribution in [0.4, 0.5) is 4.39 Å². The Hall–Kier alpha value is -1.62. The molecule has 0 bridgehead atoms. The average Bonchev–Trinajstić information content (AvgIpc) is 2.46. The van der Waals surface area contributed by atoms with Crippen LogP contribution >= 0.6 is 0 Å². The molecule has 0 aromatic heterocycles. The Morgan fingerprint density at radius 3 is 2.48 bits per heavy atom. The minimum atomic E-state index is -0.524. The van der Waals surface area contributed by atoms with Crippen LogP contribution in [0.1, 0.15) is 24.2 Å². The summed E-state index contributed by atoms with van der Waals surface area (Å²) in [4.78, 5) is 16.4. The summed E-state index contributed by atoms with van der Waals surface area (Å²) in [5, 5.41) is 0. The lowest BCUT2D eigenvalue weighted by molar-refractivity contribution is 0.0619. The monoisotopic (exact) mass is 294 g/mol. The van der Waals surface area contributed by atoms with E-state index in [2.05, 4.69) is 18.7 Å². The van der Waals surface area contributed by atoms with Gasteiger partial charge in [0.05, 0.1) is 12.7 Å². The fourth-order valence-corrected chi connectivity index (χ4v) is 2.62. The molecule has 0 radical (unpaired) electrons. The van der Waals surface area contributed by atoms with E-state index in [1.54, 1.807) is 11.0 Å². The van der Waals surface area contributed by atoms with Crippen molar-refractivity contribution in [2.45, 2.75) is 13.8 Å². The number of carbonyl (C=O) groups is 1. The van der Waals surface area contributed by atoms with Crippen LogP contribution < -0.4 is 4.74 Å². The van der Waals surface area contributed by atoms with E-state index < -0.39 is 5.82 Å². The molecule has 1 amide bonds. The molecule has 0 saturated carbocycles. The summed E-state index contributed by atoms with van der Waals surface area (Å²) in [5.41, 5.74) is 0.119. The van der Waals surface area contributed by atoms with Gasteiger partial charge < -0.3 is 9.64 Å². The Balaban J connectivity index is 1.99. The first-order chi connectivity index (χ1) is 10.0. The maximum Gasteiger partial charge on any atom is 0.256 e. The van der Waals surface area contributed by atoms with Crippen molar-refractivity contribution in [2.24, 2.45) is 5.92 Å². The van der Waals surface area contributed by atoms with Crippen LogP contribution in [0, 0.1) is 11.7 Å². The quantitative estimate of drug-likeness (QED) is 0.854. The number of carbonyl (C=O) groups excluding carboxylic acids is 1. The molecule has 0 spiro atoms. The molecule has 1 heterocycles. The molecule has 4 nitrogen and oxygen atoms in total. The highest BCUT2D eigenvalue weighted by Crippen LogP contribution is 2.18. The van der Waals surface area contributed by atoms with Crippen molar-refractivity contribution >= 4 is 5.91 Å². The zero-order chi connectivity index (χ0) is 15.4. The fourth-order valence-electron chi connectivity index (χ4n) is 2.62. The van der Waals surface area contributed by atoms with Crippen LogP contribution in [0.25, 0.3) is 0 Å². The first-order valence-corrected chi connectivity index (χ1v) is 7.36. The van der Waals surface area contributed by atoms with E-state index in [1.807, 2.05) is 0 Å². The standard InChI is InChI=1S/C16H23FN2O2/c1-12(2)11-18-6-8-19(9-7-18)16(20)14-5-4-13(21-3)10-15(14)17/h4-5,10,12H,6-9,11H2,1-3H3. The van der Waals surface area contributed by atoms with Gasteiger partial charge in [-0.1, -0.05) is 13.8 Å². The van der Waals surface area contributed by atoms with Crippen LogP contribution in [0.3, 0.4) is 0 Å². The van der Waals surface area contributed by atoms with Crippen LogP contribution in [0.15, 0.2) is 18.2 Å². The summed E-state index contributed by atoms with van der Waals surface area (Å²) in [6, 6.07) is 4.37. The van der Waals surface area contributed by atoms with Crippen molar-refractivity contribution in [1.29, 1.82) is 0 Å². The minimum Gasteiger partial charge on any atom is -0.497 e. The summed E-state index contributed by atoms with van der Waals surface area (Å²) < 4.78 is 18.9. The Labute approximate surface area is 125 Å². The third kappa shape index (κ3) is 3.94. The summed E-state index contributed by atoms with van der Waals surface area (Å²) in [6.07, 6.45) is 0. The number of benzene rings is 1. The normalized spacial score (nSPS) is 16.3. The molecule has 0 atom stereocenters. The van der Waals surface area contributed by atoms with Crippen molar-refractivity contribution in [2.75, 3.05) is 39.8 Å². The number of piperazine rings is 1. The molecule has 0 unspecified atom stereocenters. The highest BCUT2D eigenvalue weighted by atomic mass is 19.1. The number of nitrogens with zero attached hydrogens (tertiary/aromatic N) is 2. The van der Waals surface area contributed by atoms with Gasteiger partial charge in [0.25, 0.3) is 5.91 Å². The lowest BCUT2D eigenvalue weighted by Crippen LogP contribution is -2.49. The highest BCUT2D eigenvalue weighted by molar-refractivity contribution is 5.94. The Morgan fingerprint density at radius 1 is 1.29 bits per heavy atom. The summed E-state index contributed by atoms with van der Waals surface area (Å²) in [7, 11) is 1.48. The molecule has 1 saturated heterocycles. The predicted octanol–water partition coefficient (Wildman–Crippen LogP) is 2.25. The van der Waals surface area contributed by atoms with Gasteiger partial charge in [0.1, 0.15) is 11.6 Å². The molecule has 116 valence electrons. The second-order valence-electron chi connectivity index (χ2n) is 5.83. The van der Waals surface area contributed by atoms with Crippen molar-refractivity contribution in [3.8, 4) is 5.75 Å². The van der Waals surface area contributed by atoms with Gasteiger partial charge in [-0.05, 0) is 18.1 Å². The first-order valence-electron chi connectivity index (χ1n) is 7.36. The van der Waals surface area contributed by atoms with Gasteiger partial charge in [-0.15, -0.1) is 0 Å². The second kappa shape index (κ2) is 6.89. The van der Waals surface area contributed by atoms with E-state index >= 15 is 0 Å². The Kier molecular flexibility index (Phi) is 5.17. The number of rotatable bonds is 4. The molecule has 0 aliphatic carbocycles. The molecule has 1 fully saturated rings. The third-order valence-electron chi connectivity index (χ3n) is 3.69. The number of halogens is 1. The largest absolute Gasteiger partial charge is 0.497 e. The lowest BCUT2D eigenvalue weighted by Gasteiger charge is -2.35. The smallest absolute Gasteiger partial charge is 0.256 e. The summed E-state index contributed by atoms with van der Waals surface area (Å²) in [5.74, 6) is 0.278. The fraction of sp³-hybridized carbons (Fsp3) is 0.562. The Morgan fingerprint density at radius 2 is 1.95 bits per heavy atom. The summed E-state index contributed by atoms with van der Waals surface area (Å²) >= 11 is 0. The third-order valence-corrected chi connectivity index (χ3v) is 3.69. The molecule has 1 aromatic rings. The molecule has 1 aliphatic rings. The molecular weight excluding hydrogens is 271 g/mol. The minimum absolute atomic E-state index is 0.119. The van der Waals surface area contributed by atoms with Gasteiger partial charge in [-0.25, -0.2) is 4.39 Å². The topological polar surface area (TPSA) is 32.8 Å². The molecule has 1 aliphatic heterocycles. The van der Waals surface area contributed by atoms with E-state index in [4.69, 9.17) is 4.74 Å². The van der Waals surface area contributed by atoms with Crippen molar-refractivity contribution in [3.63, 3.8) is 0 Å². The van der Waals surface area contributed by atoms with Crippen LogP contribution in [0.2, 0.25) is 0 Å². The van der Waals surface area contributed by atoms with E-state index in [1.165, 1.54) is 19.2 Å². The van der Waals surface area contributed by atoms with Crippen molar-refractivity contribution < 1.29 is 13.9 Å². The van der Waals surface area contributed by atoms with Crippen LogP contribution in [0.5, 0.6) is 5.75 Å². The SMILES string of the molecule is COc1ccc(C(=O)N2CCN(CC(C)C)CC2)c(F)c1. The van der Waals surface area contributed by atoms with Gasteiger partial charge in [0.15, 0.2) is 0 Å². The Bertz CT molecular complexity index is 497. The van der Waals surface area contributed by atoms with Crippen molar-refractivity contribution in [1.82, 2.24) is 9.80 Å². The molecule has 21 heavy (non-hydrogen) atoms. The van der Waals surface area contributed by atoms with Gasteiger partial charge >= 0.3 is 0 Å². The predicted molar refractivity (Wildman–Crippen MR) is 80.1 cm³/mol. The molecule has 2 rings (SSSR count). The number of ether oxygens (including phenoxy) is 1. The van der Waals surface area contributed by atoms with Crippen LogP contribution in [-0.4, -0.2) is 55.5 Å². The lowest BCUT2D eigenvalue weighted by atomic mass is 10.1. The van der Waals surface area contributed by atoms with E-state index in [9.17, 15) is 9.18 Å². The number of amides is 1. The highest BCUT2D eigenvalue weighted by Gasteiger charge is 2.24. The van der Waals surface area contributed by atoms with Gasteiger partial charge in [0, 0.05) is 38.8 Å². The molecular formula is C16H23FN2O2.